The van der Waals surface area contributed by atoms with Gasteiger partial charge in [0.05, 0.1) is 25.6 Å². The van der Waals surface area contributed by atoms with Crippen molar-refractivity contribution >= 4 is 17.5 Å². The van der Waals surface area contributed by atoms with E-state index < -0.39 is 0 Å². The van der Waals surface area contributed by atoms with Crippen molar-refractivity contribution in [1.29, 1.82) is 0 Å². The molecule has 3 aromatic rings. The van der Waals surface area contributed by atoms with Gasteiger partial charge in [0.1, 0.15) is 0 Å². The van der Waals surface area contributed by atoms with Crippen LogP contribution < -0.4 is 14.8 Å². The summed E-state index contributed by atoms with van der Waals surface area (Å²) in [4.78, 5) is 15.0. The van der Waals surface area contributed by atoms with Crippen molar-refractivity contribution in [1.82, 2.24) is 20.0 Å². The smallest absolute Gasteiger partial charge is 0.272 e. The summed E-state index contributed by atoms with van der Waals surface area (Å²) in [5, 5.41) is 8.32. The molecule has 0 bridgehead atoms. The number of fused-ring (bicyclic) bond motifs is 3. The Labute approximate surface area is 186 Å². The van der Waals surface area contributed by atoms with E-state index in [1.54, 1.807) is 14.2 Å². The van der Waals surface area contributed by atoms with Crippen LogP contribution in [0.4, 0.5) is 0 Å². The van der Waals surface area contributed by atoms with Crippen molar-refractivity contribution in [3.8, 4) is 28.4 Å². The van der Waals surface area contributed by atoms with E-state index in [0.29, 0.717) is 35.2 Å². The number of amides is 1. The zero-order valence-corrected chi connectivity index (χ0v) is 18.8. The number of hydrogen-bond donors (Lipinski definition) is 1. The van der Waals surface area contributed by atoms with Gasteiger partial charge in [-0.25, -0.2) is 4.68 Å². The highest BCUT2D eigenvalue weighted by atomic mass is 35.5. The molecular formula is C23H25ClN4O3. The van der Waals surface area contributed by atoms with Gasteiger partial charge < -0.3 is 19.7 Å². The third kappa shape index (κ3) is 3.98. The SMILES string of the molecule is COc1cc2c(cc1OC)-c1c(c(C(=O)NCCN(C)C)nn1-c1ccc(Cl)cc1)C2. The number of likely N-dealkylation sites (N-methyl/N-ethyl adjacent to an activating group) is 1. The number of methoxy groups -OCH3 is 2. The Balaban J connectivity index is 1.82. The molecule has 1 N–H and O–H groups in total. The quantitative estimate of drug-likeness (QED) is 0.477. The molecule has 8 heteroatoms. The van der Waals surface area contributed by atoms with Crippen LogP contribution in [0.3, 0.4) is 0 Å². The number of carbonyl (C=O) groups is 1. The zero-order valence-electron chi connectivity index (χ0n) is 18.0. The minimum Gasteiger partial charge on any atom is -0.493 e. The Bertz CT molecular complexity index is 1120. The number of ether oxygens (including phenoxy) is 2. The van der Waals surface area contributed by atoms with E-state index in [9.17, 15) is 4.79 Å². The van der Waals surface area contributed by atoms with Gasteiger partial charge in [-0.1, -0.05) is 11.6 Å². The second-order valence-corrected chi connectivity index (χ2v) is 8.10. The average Bonchev–Trinajstić information content (AvgIpc) is 3.29. The molecule has 0 atom stereocenters. The number of hydrogen-bond acceptors (Lipinski definition) is 5. The minimum atomic E-state index is -0.183. The lowest BCUT2D eigenvalue weighted by Crippen LogP contribution is -2.32. The molecule has 4 rings (SSSR count). The van der Waals surface area contributed by atoms with Crippen molar-refractivity contribution in [3.63, 3.8) is 0 Å². The van der Waals surface area contributed by atoms with Gasteiger partial charge in [0.25, 0.3) is 5.91 Å². The van der Waals surface area contributed by atoms with Crippen molar-refractivity contribution in [2.24, 2.45) is 0 Å². The van der Waals surface area contributed by atoms with Crippen LogP contribution in [-0.4, -0.2) is 62.0 Å². The third-order valence-corrected chi connectivity index (χ3v) is 5.60. The lowest BCUT2D eigenvalue weighted by molar-refractivity contribution is 0.0945. The van der Waals surface area contributed by atoms with Gasteiger partial charge in [0, 0.05) is 35.7 Å². The fraction of sp³-hybridized carbons (Fsp3) is 0.304. The van der Waals surface area contributed by atoms with Gasteiger partial charge in [0.15, 0.2) is 17.2 Å². The molecule has 0 saturated heterocycles. The number of rotatable bonds is 7. The highest BCUT2D eigenvalue weighted by Crippen LogP contribution is 2.44. The van der Waals surface area contributed by atoms with Gasteiger partial charge >= 0.3 is 0 Å². The Hall–Kier alpha value is -3.03. The van der Waals surface area contributed by atoms with E-state index in [0.717, 1.165) is 34.6 Å². The van der Waals surface area contributed by atoms with Crippen LogP contribution in [0.1, 0.15) is 21.6 Å². The first kappa shape index (κ1) is 21.2. The van der Waals surface area contributed by atoms with E-state index in [4.69, 9.17) is 26.2 Å². The molecule has 0 aliphatic heterocycles. The summed E-state index contributed by atoms with van der Waals surface area (Å²) in [5.41, 5.74) is 5.07. The van der Waals surface area contributed by atoms with Crippen LogP contribution in [0.2, 0.25) is 5.02 Å². The molecule has 0 radical (unpaired) electrons. The van der Waals surface area contributed by atoms with E-state index in [1.807, 2.05) is 60.1 Å². The summed E-state index contributed by atoms with van der Waals surface area (Å²) in [6.07, 6.45) is 0.592. The predicted molar refractivity (Wildman–Crippen MR) is 121 cm³/mol. The number of aromatic nitrogens is 2. The zero-order chi connectivity index (χ0) is 22.1. The standard InChI is InChI=1S/C23H25ClN4O3/c1-27(2)10-9-25-23(29)21-18-11-14-12-19(30-3)20(31-4)13-17(14)22(18)28(26-21)16-7-5-15(24)6-8-16/h5-8,12-13H,9-11H2,1-4H3,(H,25,29). The first-order chi connectivity index (χ1) is 14.9. The molecule has 0 spiro atoms. The summed E-state index contributed by atoms with van der Waals surface area (Å²) < 4.78 is 12.8. The molecule has 1 aliphatic rings. The maximum Gasteiger partial charge on any atom is 0.272 e. The fourth-order valence-corrected chi connectivity index (χ4v) is 3.93. The van der Waals surface area contributed by atoms with Crippen LogP contribution in [-0.2, 0) is 6.42 Å². The Morgan fingerprint density at radius 1 is 1.16 bits per heavy atom. The summed E-state index contributed by atoms with van der Waals surface area (Å²) >= 11 is 6.08. The minimum absolute atomic E-state index is 0.183. The highest BCUT2D eigenvalue weighted by Gasteiger charge is 2.32. The molecule has 1 aromatic heterocycles. The summed E-state index contributed by atoms with van der Waals surface area (Å²) in [7, 11) is 7.17. The molecule has 0 saturated carbocycles. The van der Waals surface area contributed by atoms with Gasteiger partial charge in [-0.15, -0.1) is 0 Å². The number of nitrogens with zero attached hydrogens (tertiary/aromatic N) is 3. The number of benzene rings is 2. The highest BCUT2D eigenvalue weighted by molar-refractivity contribution is 6.30. The van der Waals surface area contributed by atoms with E-state index in [2.05, 4.69) is 5.32 Å². The van der Waals surface area contributed by atoms with E-state index >= 15 is 0 Å². The topological polar surface area (TPSA) is 68.6 Å². The maximum absolute atomic E-state index is 13.0. The van der Waals surface area contributed by atoms with Crippen molar-refractivity contribution in [3.05, 3.63) is 58.2 Å². The average molecular weight is 441 g/mol. The largest absolute Gasteiger partial charge is 0.493 e. The van der Waals surface area contributed by atoms with Gasteiger partial charge in [-0.05, 0) is 56.1 Å². The lowest BCUT2D eigenvalue weighted by atomic mass is 10.1. The first-order valence-electron chi connectivity index (χ1n) is 9.99. The molecule has 0 unspecified atom stereocenters. The van der Waals surface area contributed by atoms with Crippen LogP contribution >= 0.6 is 11.6 Å². The Morgan fingerprint density at radius 3 is 2.48 bits per heavy atom. The van der Waals surface area contributed by atoms with Crippen molar-refractivity contribution in [2.45, 2.75) is 6.42 Å². The monoisotopic (exact) mass is 440 g/mol. The lowest BCUT2D eigenvalue weighted by Gasteiger charge is -2.12. The first-order valence-corrected chi connectivity index (χ1v) is 10.4. The molecular weight excluding hydrogens is 416 g/mol. The summed E-state index contributed by atoms with van der Waals surface area (Å²) in [6.45, 7) is 1.30. The molecule has 1 amide bonds. The van der Waals surface area contributed by atoms with Gasteiger partial charge in [-0.3, -0.25) is 4.79 Å². The fourth-order valence-electron chi connectivity index (χ4n) is 3.80. The van der Waals surface area contributed by atoms with Crippen LogP contribution in [0.15, 0.2) is 36.4 Å². The molecule has 162 valence electrons. The maximum atomic E-state index is 13.0. The summed E-state index contributed by atoms with van der Waals surface area (Å²) in [6, 6.07) is 11.3. The molecule has 1 aliphatic carbocycles. The predicted octanol–water partition coefficient (Wildman–Crippen LogP) is 3.41. The molecule has 2 aromatic carbocycles. The Morgan fingerprint density at radius 2 is 1.84 bits per heavy atom. The number of carbonyl (C=O) groups excluding carboxylic acids is 1. The Kier molecular flexibility index (Phi) is 5.89. The van der Waals surface area contributed by atoms with Gasteiger partial charge in [0.2, 0.25) is 0 Å². The van der Waals surface area contributed by atoms with Crippen molar-refractivity contribution in [2.75, 3.05) is 41.4 Å². The van der Waals surface area contributed by atoms with Crippen LogP contribution in [0.5, 0.6) is 11.5 Å². The third-order valence-electron chi connectivity index (χ3n) is 5.35. The van der Waals surface area contributed by atoms with Crippen molar-refractivity contribution < 1.29 is 14.3 Å². The molecule has 1 heterocycles. The van der Waals surface area contributed by atoms with E-state index in [1.165, 1.54) is 0 Å². The van der Waals surface area contributed by atoms with E-state index in [-0.39, 0.29) is 5.91 Å². The second-order valence-electron chi connectivity index (χ2n) is 7.66. The van der Waals surface area contributed by atoms with Crippen LogP contribution in [0.25, 0.3) is 16.9 Å². The molecule has 31 heavy (non-hydrogen) atoms. The second kappa shape index (κ2) is 8.61. The molecule has 0 fully saturated rings. The summed E-state index contributed by atoms with van der Waals surface area (Å²) in [5.74, 6) is 1.11. The number of halogens is 1. The molecule has 7 nitrogen and oxygen atoms in total. The number of nitrogens with one attached hydrogen (secondary N) is 1. The van der Waals surface area contributed by atoms with Gasteiger partial charge in [-0.2, -0.15) is 5.10 Å². The normalized spacial score (nSPS) is 11.9. The van der Waals surface area contributed by atoms with Crippen LogP contribution in [0, 0.1) is 0 Å².